The molecule has 80 valence electrons. The molecule has 0 radical (unpaired) electrons. The number of benzene rings is 2. The van der Waals surface area contributed by atoms with Crippen LogP contribution in [0.3, 0.4) is 0 Å². The van der Waals surface area contributed by atoms with Gasteiger partial charge in [-0.15, -0.1) is 0 Å². The molecule has 0 amide bonds. The Kier molecular flexibility index (Phi) is 2.47. The van der Waals surface area contributed by atoms with Gasteiger partial charge in [0.2, 0.25) is 0 Å². The number of ether oxygens (including phenoxy) is 1. The molecule has 0 spiro atoms. The van der Waals surface area contributed by atoms with E-state index >= 15 is 0 Å². The zero-order valence-electron chi connectivity index (χ0n) is 9.10. The lowest BCUT2D eigenvalue weighted by Crippen LogP contribution is -2.06. The topological polar surface area (TPSA) is 9.23 Å². The minimum absolute atomic E-state index is 0.137. The highest BCUT2D eigenvalue weighted by atomic mass is 16.5. The first-order valence-corrected chi connectivity index (χ1v) is 5.70. The zero-order valence-corrected chi connectivity index (χ0v) is 9.10. The summed E-state index contributed by atoms with van der Waals surface area (Å²) in [6.45, 7) is 0.827. The van der Waals surface area contributed by atoms with Crippen LogP contribution in [0.2, 0.25) is 0 Å². The van der Waals surface area contributed by atoms with Crippen molar-refractivity contribution in [2.75, 3.05) is 6.61 Å². The van der Waals surface area contributed by atoms with Crippen LogP contribution in [0.4, 0.5) is 0 Å². The van der Waals surface area contributed by atoms with Gasteiger partial charge in [-0.05, 0) is 28.8 Å². The first-order chi connectivity index (χ1) is 7.93. The smallest absolute Gasteiger partial charge is 0.101 e. The molecule has 1 aliphatic rings. The van der Waals surface area contributed by atoms with Crippen LogP contribution >= 0.6 is 0 Å². The van der Waals surface area contributed by atoms with E-state index < -0.39 is 0 Å². The molecule has 0 fully saturated rings. The van der Waals surface area contributed by atoms with Gasteiger partial charge in [0.25, 0.3) is 0 Å². The van der Waals surface area contributed by atoms with Crippen molar-refractivity contribution in [3.05, 3.63) is 60.2 Å². The molecule has 0 bridgehead atoms. The van der Waals surface area contributed by atoms with E-state index in [1.54, 1.807) is 0 Å². The number of hydrogen-bond acceptors (Lipinski definition) is 1. The maximum Gasteiger partial charge on any atom is 0.101 e. The van der Waals surface area contributed by atoms with Crippen LogP contribution in [-0.4, -0.2) is 6.61 Å². The second-order valence-corrected chi connectivity index (χ2v) is 4.11. The van der Waals surface area contributed by atoms with Crippen LogP contribution in [0.5, 0.6) is 0 Å². The molecule has 0 N–H and O–H groups in total. The zero-order chi connectivity index (χ0) is 10.8. The van der Waals surface area contributed by atoms with Gasteiger partial charge in [-0.3, -0.25) is 0 Å². The van der Waals surface area contributed by atoms with E-state index in [2.05, 4.69) is 54.6 Å². The summed E-state index contributed by atoms with van der Waals surface area (Å²) in [6, 6.07) is 15.0. The van der Waals surface area contributed by atoms with E-state index in [9.17, 15) is 0 Å². The summed E-state index contributed by atoms with van der Waals surface area (Å²) in [7, 11) is 0. The molecule has 2 aromatic carbocycles. The predicted octanol–water partition coefficient (Wildman–Crippen LogP) is 3.86. The molecule has 1 heterocycles. The lowest BCUT2D eigenvalue weighted by molar-refractivity contribution is 0.0801. The second kappa shape index (κ2) is 4.11. The molecule has 0 saturated carbocycles. The normalized spacial score (nSPS) is 20.1. The molecular formula is C15H14O. The van der Waals surface area contributed by atoms with Gasteiger partial charge in [0.15, 0.2) is 0 Å². The molecule has 0 aromatic heterocycles. The molecule has 3 rings (SSSR count). The summed E-state index contributed by atoms with van der Waals surface area (Å²) < 4.78 is 5.73. The van der Waals surface area contributed by atoms with Crippen molar-refractivity contribution < 1.29 is 4.74 Å². The van der Waals surface area contributed by atoms with Crippen molar-refractivity contribution in [3.8, 4) is 0 Å². The lowest BCUT2D eigenvalue weighted by atomic mass is 10.0. The van der Waals surface area contributed by atoms with Crippen molar-refractivity contribution in [2.24, 2.45) is 0 Å². The molecule has 0 unspecified atom stereocenters. The first-order valence-electron chi connectivity index (χ1n) is 5.70. The molecule has 0 aliphatic carbocycles. The first kappa shape index (κ1) is 9.61. The third-order valence-corrected chi connectivity index (χ3v) is 2.99. The average Bonchev–Trinajstić information content (AvgIpc) is 2.39. The van der Waals surface area contributed by atoms with Crippen molar-refractivity contribution in [1.29, 1.82) is 0 Å². The summed E-state index contributed by atoms with van der Waals surface area (Å²) in [5.74, 6) is 0. The Balaban J connectivity index is 2.04. The Morgan fingerprint density at radius 2 is 1.88 bits per heavy atom. The third kappa shape index (κ3) is 1.74. The van der Waals surface area contributed by atoms with Crippen molar-refractivity contribution >= 4 is 10.8 Å². The Hall–Kier alpha value is -1.60. The Labute approximate surface area is 95.4 Å². The molecule has 1 nitrogen and oxygen atoms in total. The number of rotatable bonds is 1. The largest absolute Gasteiger partial charge is 0.369 e. The second-order valence-electron chi connectivity index (χ2n) is 4.11. The highest BCUT2D eigenvalue weighted by Gasteiger charge is 2.11. The fourth-order valence-electron chi connectivity index (χ4n) is 2.13. The van der Waals surface area contributed by atoms with Gasteiger partial charge in [0, 0.05) is 0 Å². The average molecular weight is 210 g/mol. The van der Waals surface area contributed by atoms with Crippen LogP contribution in [0.1, 0.15) is 18.1 Å². The van der Waals surface area contributed by atoms with Gasteiger partial charge in [0.1, 0.15) is 6.10 Å². The summed E-state index contributed by atoms with van der Waals surface area (Å²) in [4.78, 5) is 0. The Bertz CT molecular complexity index is 528. The van der Waals surface area contributed by atoms with Crippen molar-refractivity contribution in [1.82, 2.24) is 0 Å². The summed E-state index contributed by atoms with van der Waals surface area (Å²) in [5, 5.41) is 2.56. The minimum atomic E-state index is 0.137. The summed E-state index contributed by atoms with van der Waals surface area (Å²) >= 11 is 0. The highest BCUT2D eigenvalue weighted by molar-refractivity contribution is 5.83. The molecule has 16 heavy (non-hydrogen) atoms. The van der Waals surface area contributed by atoms with E-state index in [0.29, 0.717) is 0 Å². The maximum absolute atomic E-state index is 5.73. The van der Waals surface area contributed by atoms with Crippen LogP contribution in [0.15, 0.2) is 54.6 Å². The molecule has 2 aromatic rings. The Morgan fingerprint density at radius 3 is 2.69 bits per heavy atom. The van der Waals surface area contributed by atoms with Gasteiger partial charge in [-0.25, -0.2) is 0 Å². The van der Waals surface area contributed by atoms with E-state index in [0.717, 1.165) is 13.0 Å². The fraction of sp³-hybridized carbons (Fsp3) is 0.200. The van der Waals surface area contributed by atoms with E-state index in [1.807, 2.05) is 0 Å². The molecule has 1 aliphatic heterocycles. The summed E-state index contributed by atoms with van der Waals surface area (Å²) in [5.41, 5.74) is 1.25. The van der Waals surface area contributed by atoms with Crippen molar-refractivity contribution in [2.45, 2.75) is 12.5 Å². The van der Waals surface area contributed by atoms with Crippen molar-refractivity contribution in [3.63, 3.8) is 0 Å². The summed E-state index contributed by atoms with van der Waals surface area (Å²) in [6.07, 6.45) is 5.51. The SMILES string of the molecule is C1=C[C@H](c2ccc3ccccc3c2)OCC1. The van der Waals surface area contributed by atoms with Gasteiger partial charge in [-0.2, -0.15) is 0 Å². The standard InChI is InChI=1S/C15H14O/c1-2-6-13-11-14(9-8-12(13)5-1)15-7-3-4-10-16-15/h1-3,5-9,11,15H,4,10H2/t15-/m1/s1. The fourth-order valence-corrected chi connectivity index (χ4v) is 2.13. The monoisotopic (exact) mass is 210 g/mol. The maximum atomic E-state index is 5.73. The van der Waals surface area contributed by atoms with Crippen LogP contribution < -0.4 is 0 Å². The number of hydrogen-bond donors (Lipinski definition) is 0. The van der Waals surface area contributed by atoms with Gasteiger partial charge in [0.05, 0.1) is 6.61 Å². The highest BCUT2D eigenvalue weighted by Crippen LogP contribution is 2.25. The lowest BCUT2D eigenvalue weighted by Gasteiger charge is -2.18. The van der Waals surface area contributed by atoms with E-state index in [4.69, 9.17) is 4.74 Å². The predicted molar refractivity (Wildman–Crippen MR) is 66.4 cm³/mol. The Morgan fingerprint density at radius 1 is 1.00 bits per heavy atom. The van der Waals surface area contributed by atoms with E-state index in [1.165, 1.54) is 16.3 Å². The van der Waals surface area contributed by atoms with E-state index in [-0.39, 0.29) is 6.10 Å². The number of fused-ring (bicyclic) bond motifs is 1. The molecular weight excluding hydrogens is 196 g/mol. The van der Waals surface area contributed by atoms with Crippen LogP contribution in [0, 0.1) is 0 Å². The van der Waals surface area contributed by atoms with Crippen LogP contribution in [0.25, 0.3) is 10.8 Å². The molecule has 1 heteroatoms. The minimum Gasteiger partial charge on any atom is -0.369 e. The van der Waals surface area contributed by atoms with Gasteiger partial charge < -0.3 is 4.74 Å². The third-order valence-electron chi connectivity index (χ3n) is 2.99. The van der Waals surface area contributed by atoms with Gasteiger partial charge >= 0.3 is 0 Å². The molecule has 1 atom stereocenters. The van der Waals surface area contributed by atoms with Gasteiger partial charge in [-0.1, -0.05) is 48.6 Å². The quantitative estimate of drug-likeness (QED) is 0.649. The molecule has 0 saturated heterocycles. The van der Waals surface area contributed by atoms with Crippen LogP contribution in [-0.2, 0) is 4.74 Å².